The topological polar surface area (TPSA) is 94.2 Å². The van der Waals surface area contributed by atoms with Crippen LogP contribution >= 0.6 is 11.6 Å². The fourth-order valence-corrected chi connectivity index (χ4v) is 4.36. The van der Waals surface area contributed by atoms with E-state index in [0.717, 1.165) is 21.6 Å². The number of anilines is 1. The van der Waals surface area contributed by atoms with Crippen LogP contribution in [0.1, 0.15) is 22.3 Å². The number of ether oxygens (including phenoxy) is 3. The van der Waals surface area contributed by atoms with Crippen LogP contribution in [0.2, 0.25) is 5.02 Å². The zero-order valence-electron chi connectivity index (χ0n) is 22.9. The molecule has 0 unspecified atom stereocenters. The zero-order chi connectivity index (χ0) is 29.6. The van der Waals surface area contributed by atoms with Crippen molar-refractivity contribution in [2.45, 2.75) is 20.1 Å². The molecule has 1 N–H and O–H groups in total. The summed E-state index contributed by atoms with van der Waals surface area (Å²) >= 11 is 5.94. The number of urea groups is 1. The third kappa shape index (κ3) is 6.62. The molecule has 4 aromatic carbocycles. The van der Waals surface area contributed by atoms with Crippen LogP contribution in [0.3, 0.4) is 0 Å². The van der Waals surface area contributed by atoms with Crippen LogP contribution < -0.4 is 24.4 Å². The van der Waals surface area contributed by atoms with Crippen molar-refractivity contribution in [2.24, 2.45) is 0 Å². The molecular formula is C33H27ClN2O6. The number of carbonyl (C=O) groups is 3. The lowest BCUT2D eigenvalue weighted by molar-refractivity contribution is -0.122. The lowest BCUT2D eigenvalue weighted by atomic mass is 10.1. The number of methoxy groups -OCH3 is 1. The van der Waals surface area contributed by atoms with Crippen molar-refractivity contribution in [3.63, 3.8) is 0 Å². The summed E-state index contributed by atoms with van der Waals surface area (Å²) in [6, 6.07) is 26.0. The van der Waals surface area contributed by atoms with Crippen molar-refractivity contribution >= 4 is 41.2 Å². The maximum Gasteiger partial charge on any atom is 0.335 e. The third-order valence-electron chi connectivity index (χ3n) is 6.53. The SMILES string of the molecule is COc1cc(/C=C2\C(=O)NC(=O)N(c3ccc(OCc4ccc(C)cc4)cc3)C2=O)ccc1OCc1ccc(Cl)cc1. The van der Waals surface area contributed by atoms with Gasteiger partial charge in [-0.15, -0.1) is 0 Å². The standard InChI is InChI=1S/C33H27ClN2O6/c1-21-3-5-22(6-4-21)19-41-27-14-12-26(13-15-27)36-32(38)28(31(37)35-33(36)39)17-24-9-16-29(30(18-24)40-2)42-20-23-7-10-25(34)11-8-23/h3-18H,19-20H2,1-2H3,(H,35,37,39)/b28-17+. The summed E-state index contributed by atoms with van der Waals surface area (Å²) in [4.78, 5) is 39.6. The van der Waals surface area contributed by atoms with Crippen molar-refractivity contribution in [3.05, 3.63) is 124 Å². The molecule has 0 aliphatic carbocycles. The Labute approximate surface area is 248 Å². The molecule has 1 saturated heterocycles. The number of hydrogen-bond acceptors (Lipinski definition) is 6. The van der Waals surface area contributed by atoms with E-state index in [-0.39, 0.29) is 5.57 Å². The van der Waals surface area contributed by atoms with E-state index in [1.54, 1.807) is 54.6 Å². The molecule has 1 aliphatic heterocycles. The highest BCUT2D eigenvalue weighted by atomic mass is 35.5. The molecule has 8 nitrogen and oxygen atoms in total. The van der Waals surface area contributed by atoms with E-state index in [1.165, 1.54) is 13.2 Å². The summed E-state index contributed by atoms with van der Waals surface area (Å²) in [6.45, 7) is 2.68. The van der Waals surface area contributed by atoms with Crippen molar-refractivity contribution in [1.29, 1.82) is 0 Å². The average Bonchev–Trinajstić information content (AvgIpc) is 2.99. The van der Waals surface area contributed by atoms with Crippen molar-refractivity contribution in [2.75, 3.05) is 12.0 Å². The zero-order valence-corrected chi connectivity index (χ0v) is 23.7. The van der Waals surface area contributed by atoms with Crippen molar-refractivity contribution in [1.82, 2.24) is 5.32 Å². The Balaban J connectivity index is 1.30. The second-order valence-corrected chi connectivity index (χ2v) is 9.99. The summed E-state index contributed by atoms with van der Waals surface area (Å²) < 4.78 is 17.2. The van der Waals surface area contributed by atoms with Gasteiger partial charge in [0.25, 0.3) is 11.8 Å². The fraction of sp³-hybridized carbons (Fsp3) is 0.121. The number of halogens is 1. The van der Waals surface area contributed by atoms with E-state index in [0.29, 0.717) is 46.7 Å². The van der Waals surface area contributed by atoms with Gasteiger partial charge >= 0.3 is 6.03 Å². The molecule has 0 aromatic heterocycles. The van der Waals surface area contributed by atoms with Gasteiger partial charge in [0.2, 0.25) is 0 Å². The maximum absolute atomic E-state index is 13.4. The predicted octanol–water partition coefficient (Wildman–Crippen LogP) is 6.48. The van der Waals surface area contributed by atoms with E-state index in [4.69, 9.17) is 25.8 Å². The first-order valence-corrected chi connectivity index (χ1v) is 13.4. The molecule has 4 aromatic rings. The monoisotopic (exact) mass is 582 g/mol. The minimum absolute atomic E-state index is 0.203. The smallest absolute Gasteiger partial charge is 0.335 e. The van der Waals surface area contributed by atoms with Gasteiger partial charge in [-0.1, -0.05) is 59.6 Å². The first kappa shape index (κ1) is 28.4. The summed E-state index contributed by atoms with van der Waals surface area (Å²) in [5.74, 6) is -0.0754. The molecule has 4 amide bonds. The number of nitrogens with one attached hydrogen (secondary N) is 1. The second kappa shape index (κ2) is 12.6. The molecule has 0 atom stereocenters. The molecule has 0 spiro atoms. The van der Waals surface area contributed by atoms with Gasteiger partial charge in [-0.2, -0.15) is 0 Å². The third-order valence-corrected chi connectivity index (χ3v) is 6.78. The summed E-state index contributed by atoms with van der Waals surface area (Å²) in [5, 5.41) is 2.87. The Kier molecular flexibility index (Phi) is 8.55. The molecule has 42 heavy (non-hydrogen) atoms. The number of hydrogen-bond donors (Lipinski definition) is 1. The Bertz CT molecular complexity index is 1650. The quantitative estimate of drug-likeness (QED) is 0.179. The number of amides is 4. The van der Waals surface area contributed by atoms with Crippen LogP contribution in [0, 0.1) is 6.92 Å². The molecule has 1 aliphatic rings. The van der Waals surface area contributed by atoms with Gasteiger partial charge in [-0.25, -0.2) is 9.69 Å². The summed E-state index contributed by atoms with van der Waals surface area (Å²) in [6.07, 6.45) is 1.40. The Morgan fingerprint density at radius 3 is 2.10 bits per heavy atom. The van der Waals surface area contributed by atoms with E-state index in [1.807, 2.05) is 43.3 Å². The van der Waals surface area contributed by atoms with Gasteiger partial charge in [-0.05, 0) is 78.2 Å². The Hall–Kier alpha value is -5.08. The van der Waals surface area contributed by atoms with Crippen LogP contribution in [-0.2, 0) is 22.8 Å². The lowest BCUT2D eigenvalue weighted by Gasteiger charge is -2.26. The molecule has 1 fully saturated rings. The number of aryl methyl sites for hydroxylation is 1. The highest BCUT2D eigenvalue weighted by Gasteiger charge is 2.36. The van der Waals surface area contributed by atoms with E-state index >= 15 is 0 Å². The molecule has 212 valence electrons. The van der Waals surface area contributed by atoms with Crippen LogP contribution in [0.15, 0.2) is 96.6 Å². The minimum atomic E-state index is -0.834. The largest absolute Gasteiger partial charge is 0.493 e. The van der Waals surface area contributed by atoms with Crippen molar-refractivity contribution in [3.8, 4) is 17.2 Å². The molecule has 0 bridgehead atoms. The highest BCUT2D eigenvalue weighted by Crippen LogP contribution is 2.31. The minimum Gasteiger partial charge on any atom is -0.493 e. The number of barbiturate groups is 1. The van der Waals surface area contributed by atoms with Gasteiger partial charge in [0.15, 0.2) is 11.5 Å². The van der Waals surface area contributed by atoms with Gasteiger partial charge in [0.1, 0.15) is 24.5 Å². The summed E-state index contributed by atoms with van der Waals surface area (Å²) in [5.41, 5.74) is 3.70. The number of nitrogens with zero attached hydrogens (tertiary/aromatic N) is 1. The number of carbonyl (C=O) groups excluding carboxylic acids is 3. The molecule has 9 heteroatoms. The van der Waals surface area contributed by atoms with E-state index in [2.05, 4.69) is 5.32 Å². The normalized spacial score (nSPS) is 14.1. The average molecular weight is 583 g/mol. The first-order valence-electron chi connectivity index (χ1n) is 13.1. The fourth-order valence-electron chi connectivity index (χ4n) is 4.24. The van der Waals surface area contributed by atoms with Crippen LogP contribution in [0.25, 0.3) is 6.08 Å². The molecule has 0 saturated carbocycles. The van der Waals surface area contributed by atoms with Crippen LogP contribution in [0.4, 0.5) is 10.5 Å². The molecule has 0 radical (unpaired) electrons. The molecular weight excluding hydrogens is 556 g/mol. The van der Waals surface area contributed by atoms with E-state index < -0.39 is 17.8 Å². The number of benzene rings is 4. The van der Waals surface area contributed by atoms with Gasteiger partial charge in [-0.3, -0.25) is 14.9 Å². The Morgan fingerprint density at radius 2 is 1.43 bits per heavy atom. The van der Waals surface area contributed by atoms with Crippen molar-refractivity contribution < 1.29 is 28.6 Å². The Morgan fingerprint density at radius 1 is 0.786 bits per heavy atom. The lowest BCUT2D eigenvalue weighted by Crippen LogP contribution is -2.54. The van der Waals surface area contributed by atoms with Crippen LogP contribution in [-0.4, -0.2) is 25.0 Å². The number of imide groups is 2. The predicted molar refractivity (Wildman–Crippen MR) is 160 cm³/mol. The molecule has 5 rings (SSSR count). The van der Waals surface area contributed by atoms with Gasteiger partial charge in [0.05, 0.1) is 12.8 Å². The molecule has 1 heterocycles. The maximum atomic E-state index is 13.4. The van der Waals surface area contributed by atoms with E-state index in [9.17, 15) is 14.4 Å². The van der Waals surface area contributed by atoms with Crippen LogP contribution in [0.5, 0.6) is 17.2 Å². The van der Waals surface area contributed by atoms with Gasteiger partial charge in [0, 0.05) is 5.02 Å². The van der Waals surface area contributed by atoms with Gasteiger partial charge < -0.3 is 14.2 Å². The summed E-state index contributed by atoms with van der Waals surface area (Å²) in [7, 11) is 1.49. The first-order chi connectivity index (χ1) is 20.3. The second-order valence-electron chi connectivity index (χ2n) is 9.55. The number of rotatable bonds is 9. The highest BCUT2D eigenvalue weighted by molar-refractivity contribution is 6.39.